The van der Waals surface area contributed by atoms with Crippen molar-refractivity contribution >= 4 is 12.3 Å². The standard InChI is InChI=1S/C6H10O4/c1-6(2,9)10-5(8)3-4-7/h4,9H,3H2,1-2H3. The van der Waals surface area contributed by atoms with E-state index in [1.165, 1.54) is 13.8 Å². The van der Waals surface area contributed by atoms with Crippen molar-refractivity contribution in [3.8, 4) is 0 Å². The van der Waals surface area contributed by atoms with Crippen LogP contribution in [0.2, 0.25) is 0 Å². The Morgan fingerprint density at radius 1 is 1.70 bits per heavy atom. The maximum Gasteiger partial charge on any atom is 0.315 e. The van der Waals surface area contributed by atoms with Crippen molar-refractivity contribution in [3.05, 3.63) is 0 Å². The monoisotopic (exact) mass is 146 g/mol. The minimum absolute atomic E-state index is 0.315. The Labute approximate surface area is 58.8 Å². The molecule has 4 heteroatoms. The molecule has 0 aromatic rings. The lowest BCUT2D eigenvalue weighted by atomic mass is 10.4. The van der Waals surface area contributed by atoms with Crippen LogP contribution in [0.1, 0.15) is 20.3 Å². The van der Waals surface area contributed by atoms with Crippen LogP contribution in [0, 0.1) is 0 Å². The van der Waals surface area contributed by atoms with E-state index in [4.69, 9.17) is 5.11 Å². The largest absolute Gasteiger partial charge is 0.434 e. The van der Waals surface area contributed by atoms with E-state index in [1.807, 2.05) is 0 Å². The molecule has 0 aromatic carbocycles. The van der Waals surface area contributed by atoms with Crippen molar-refractivity contribution in [2.45, 2.75) is 26.1 Å². The summed E-state index contributed by atoms with van der Waals surface area (Å²) in [6.07, 6.45) is 0.109. The first kappa shape index (κ1) is 9.10. The molecule has 1 N–H and O–H groups in total. The van der Waals surface area contributed by atoms with Gasteiger partial charge in [-0.3, -0.25) is 4.79 Å². The van der Waals surface area contributed by atoms with Crippen LogP contribution in [-0.2, 0) is 14.3 Å². The van der Waals surface area contributed by atoms with E-state index in [1.54, 1.807) is 0 Å². The Hall–Kier alpha value is -0.900. The summed E-state index contributed by atoms with van der Waals surface area (Å²) in [5, 5.41) is 8.86. The van der Waals surface area contributed by atoms with Gasteiger partial charge >= 0.3 is 5.97 Å². The van der Waals surface area contributed by atoms with Crippen LogP contribution in [0.3, 0.4) is 0 Å². The molecule has 0 amide bonds. The highest BCUT2D eigenvalue weighted by Crippen LogP contribution is 2.03. The van der Waals surface area contributed by atoms with E-state index in [2.05, 4.69) is 4.74 Å². The minimum Gasteiger partial charge on any atom is -0.434 e. The molecule has 0 saturated carbocycles. The highest BCUT2D eigenvalue weighted by Gasteiger charge is 2.17. The number of rotatable bonds is 3. The first-order valence-corrected chi connectivity index (χ1v) is 2.83. The fraction of sp³-hybridized carbons (Fsp3) is 0.667. The first-order valence-electron chi connectivity index (χ1n) is 2.83. The van der Waals surface area contributed by atoms with Crippen LogP contribution < -0.4 is 0 Å². The lowest BCUT2D eigenvalue weighted by Crippen LogP contribution is -2.27. The summed E-state index contributed by atoms with van der Waals surface area (Å²) in [5.74, 6) is -2.21. The van der Waals surface area contributed by atoms with Crippen molar-refractivity contribution < 1.29 is 19.4 Å². The van der Waals surface area contributed by atoms with Crippen LogP contribution in [0.25, 0.3) is 0 Å². The van der Waals surface area contributed by atoms with Gasteiger partial charge in [-0.25, -0.2) is 0 Å². The number of hydrogen-bond donors (Lipinski definition) is 1. The van der Waals surface area contributed by atoms with Gasteiger partial charge in [-0.15, -0.1) is 0 Å². The fourth-order valence-electron chi connectivity index (χ4n) is 0.388. The third-order valence-electron chi connectivity index (χ3n) is 0.614. The molecule has 0 bridgehead atoms. The second kappa shape index (κ2) is 3.31. The highest BCUT2D eigenvalue weighted by molar-refractivity contribution is 5.83. The quantitative estimate of drug-likeness (QED) is 0.260. The van der Waals surface area contributed by atoms with Crippen LogP contribution >= 0.6 is 0 Å². The number of aldehydes is 1. The number of carbonyl (C=O) groups excluding carboxylic acids is 2. The van der Waals surface area contributed by atoms with Gasteiger partial charge in [-0.2, -0.15) is 0 Å². The Morgan fingerprint density at radius 3 is 2.50 bits per heavy atom. The summed E-state index contributed by atoms with van der Waals surface area (Å²) in [7, 11) is 0. The second-order valence-electron chi connectivity index (χ2n) is 2.29. The fourth-order valence-corrected chi connectivity index (χ4v) is 0.388. The lowest BCUT2D eigenvalue weighted by Gasteiger charge is -2.16. The van der Waals surface area contributed by atoms with Crippen LogP contribution in [0.15, 0.2) is 0 Å². The first-order chi connectivity index (χ1) is 4.45. The maximum absolute atomic E-state index is 10.4. The van der Waals surface area contributed by atoms with E-state index < -0.39 is 11.8 Å². The van der Waals surface area contributed by atoms with Gasteiger partial charge in [0.2, 0.25) is 5.79 Å². The Balaban J connectivity index is 3.68. The van der Waals surface area contributed by atoms with Gasteiger partial charge in [0.1, 0.15) is 12.7 Å². The van der Waals surface area contributed by atoms with Crippen LogP contribution in [0.5, 0.6) is 0 Å². The van der Waals surface area contributed by atoms with E-state index in [0.717, 1.165) is 0 Å². The van der Waals surface area contributed by atoms with Crippen molar-refractivity contribution in [1.82, 2.24) is 0 Å². The normalized spacial score (nSPS) is 10.7. The molecule has 0 heterocycles. The Morgan fingerprint density at radius 2 is 2.20 bits per heavy atom. The van der Waals surface area contributed by atoms with Gasteiger partial charge in [0.15, 0.2) is 0 Å². The summed E-state index contributed by atoms with van der Waals surface area (Å²) < 4.78 is 4.36. The average molecular weight is 146 g/mol. The maximum atomic E-state index is 10.4. The minimum atomic E-state index is -1.49. The van der Waals surface area contributed by atoms with Crippen molar-refractivity contribution in [2.75, 3.05) is 0 Å². The van der Waals surface area contributed by atoms with E-state index in [9.17, 15) is 9.59 Å². The number of carbonyl (C=O) groups is 2. The van der Waals surface area contributed by atoms with Gasteiger partial charge in [0.05, 0.1) is 0 Å². The van der Waals surface area contributed by atoms with Gasteiger partial charge in [-0.05, 0) is 0 Å². The summed E-state index contributed by atoms with van der Waals surface area (Å²) in [5.41, 5.74) is 0. The van der Waals surface area contributed by atoms with Crippen LogP contribution in [-0.4, -0.2) is 23.1 Å². The molecule has 10 heavy (non-hydrogen) atoms. The molecule has 4 nitrogen and oxygen atoms in total. The van der Waals surface area contributed by atoms with Gasteiger partial charge in [0.25, 0.3) is 0 Å². The molecule has 58 valence electrons. The number of ether oxygens (including phenoxy) is 1. The molecule has 0 spiro atoms. The topological polar surface area (TPSA) is 63.6 Å². The van der Waals surface area contributed by atoms with Crippen molar-refractivity contribution in [1.29, 1.82) is 0 Å². The molecule has 0 aliphatic rings. The SMILES string of the molecule is CC(C)(O)OC(=O)CC=O. The van der Waals surface area contributed by atoms with E-state index >= 15 is 0 Å². The Bertz CT molecular complexity index is 133. The third-order valence-corrected chi connectivity index (χ3v) is 0.614. The summed E-state index contributed by atoms with van der Waals surface area (Å²) >= 11 is 0. The van der Waals surface area contributed by atoms with Gasteiger partial charge in [-0.1, -0.05) is 0 Å². The number of esters is 1. The second-order valence-corrected chi connectivity index (χ2v) is 2.29. The Kier molecular flexibility index (Phi) is 3.02. The molecular weight excluding hydrogens is 136 g/mol. The number of aliphatic hydroxyl groups is 1. The predicted molar refractivity (Wildman–Crippen MR) is 33.1 cm³/mol. The van der Waals surface area contributed by atoms with Gasteiger partial charge < -0.3 is 14.6 Å². The molecule has 0 aliphatic carbocycles. The number of hydrogen-bond acceptors (Lipinski definition) is 4. The zero-order valence-corrected chi connectivity index (χ0v) is 5.96. The van der Waals surface area contributed by atoms with Crippen molar-refractivity contribution in [3.63, 3.8) is 0 Å². The molecule has 0 atom stereocenters. The lowest BCUT2D eigenvalue weighted by molar-refractivity contribution is -0.194. The molecule has 0 fully saturated rings. The highest BCUT2D eigenvalue weighted by atomic mass is 16.7. The molecule has 0 saturated heterocycles. The smallest absolute Gasteiger partial charge is 0.315 e. The summed E-state index contributed by atoms with van der Waals surface area (Å²) in [6, 6.07) is 0. The third kappa shape index (κ3) is 5.24. The van der Waals surface area contributed by atoms with E-state index in [-0.39, 0.29) is 6.42 Å². The van der Waals surface area contributed by atoms with Crippen LogP contribution in [0.4, 0.5) is 0 Å². The zero-order valence-electron chi connectivity index (χ0n) is 5.96. The van der Waals surface area contributed by atoms with E-state index in [0.29, 0.717) is 6.29 Å². The summed E-state index contributed by atoms with van der Waals surface area (Å²) in [4.78, 5) is 20.2. The average Bonchev–Trinajstić information content (AvgIpc) is 1.59. The molecule has 0 radical (unpaired) electrons. The molecular formula is C6H10O4. The van der Waals surface area contributed by atoms with Crippen molar-refractivity contribution in [2.24, 2.45) is 0 Å². The zero-order chi connectivity index (χ0) is 8.20. The summed E-state index contributed by atoms with van der Waals surface area (Å²) in [6.45, 7) is 2.63. The molecule has 0 unspecified atom stereocenters. The molecule has 0 aromatic heterocycles. The molecule has 0 rings (SSSR count). The van der Waals surface area contributed by atoms with Gasteiger partial charge in [0, 0.05) is 13.8 Å². The molecule has 0 aliphatic heterocycles. The predicted octanol–water partition coefficient (Wildman–Crippen LogP) is -0.153.